The summed E-state index contributed by atoms with van der Waals surface area (Å²) in [6.45, 7) is 4.02. The predicted molar refractivity (Wildman–Crippen MR) is 79.3 cm³/mol. The van der Waals surface area contributed by atoms with Crippen LogP contribution in [0.4, 0.5) is 5.00 Å². The average molecular weight is 310 g/mol. The summed E-state index contributed by atoms with van der Waals surface area (Å²) in [4.78, 5) is 37.4. The standard InChI is InChI=1S/C14H18N2O4S/c1-3-20-14(19)10-5-4-8-16(10)13(18)11-6-7-12(21-11)15-9(2)17/h6-7,10H,3-5,8H2,1-2H3,(H,15,17). The quantitative estimate of drug-likeness (QED) is 0.862. The molecule has 2 rings (SSSR count). The van der Waals surface area contributed by atoms with Crippen LogP contribution in [-0.2, 0) is 14.3 Å². The first-order valence-corrected chi connectivity index (χ1v) is 7.69. The minimum Gasteiger partial charge on any atom is -0.464 e. The number of ether oxygens (including phenoxy) is 1. The van der Waals surface area contributed by atoms with Gasteiger partial charge < -0.3 is 15.0 Å². The van der Waals surface area contributed by atoms with E-state index in [0.29, 0.717) is 29.5 Å². The molecule has 0 aliphatic carbocycles. The maximum absolute atomic E-state index is 12.5. The number of carbonyl (C=O) groups excluding carboxylic acids is 3. The molecule has 1 atom stereocenters. The molecule has 1 N–H and O–H groups in total. The van der Waals surface area contributed by atoms with Crippen LogP contribution in [0.3, 0.4) is 0 Å². The van der Waals surface area contributed by atoms with Crippen molar-refractivity contribution in [2.75, 3.05) is 18.5 Å². The second-order valence-corrected chi connectivity index (χ2v) is 5.84. The van der Waals surface area contributed by atoms with Crippen molar-refractivity contribution in [2.24, 2.45) is 0 Å². The summed E-state index contributed by atoms with van der Waals surface area (Å²) >= 11 is 1.21. The van der Waals surface area contributed by atoms with Crippen molar-refractivity contribution in [3.05, 3.63) is 17.0 Å². The van der Waals surface area contributed by atoms with Crippen LogP contribution in [0.1, 0.15) is 36.4 Å². The van der Waals surface area contributed by atoms with Crippen molar-refractivity contribution in [3.63, 3.8) is 0 Å². The Labute approximate surface area is 127 Å². The molecule has 1 aliphatic rings. The maximum atomic E-state index is 12.5. The molecule has 6 nitrogen and oxygen atoms in total. The molecule has 114 valence electrons. The Kier molecular flexibility index (Phi) is 4.95. The van der Waals surface area contributed by atoms with E-state index < -0.39 is 6.04 Å². The number of hydrogen-bond acceptors (Lipinski definition) is 5. The number of likely N-dealkylation sites (tertiary alicyclic amines) is 1. The van der Waals surface area contributed by atoms with Crippen molar-refractivity contribution < 1.29 is 19.1 Å². The molecule has 2 heterocycles. The third-order valence-electron chi connectivity index (χ3n) is 3.19. The van der Waals surface area contributed by atoms with Crippen LogP contribution in [0.15, 0.2) is 12.1 Å². The molecule has 1 fully saturated rings. The van der Waals surface area contributed by atoms with E-state index in [1.807, 2.05) is 0 Å². The first-order chi connectivity index (χ1) is 10.0. The van der Waals surface area contributed by atoms with Crippen LogP contribution in [0.2, 0.25) is 0 Å². The molecule has 1 saturated heterocycles. The van der Waals surface area contributed by atoms with Gasteiger partial charge in [0.05, 0.1) is 16.5 Å². The Balaban J connectivity index is 2.09. The second-order valence-electron chi connectivity index (χ2n) is 4.75. The molecule has 1 unspecified atom stereocenters. The largest absolute Gasteiger partial charge is 0.464 e. The van der Waals surface area contributed by atoms with Gasteiger partial charge in [0, 0.05) is 13.5 Å². The zero-order valence-electron chi connectivity index (χ0n) is 12.0. The molecular formula is C14H18N2O4S. The van der Waals surface area contributed by atoms with E-state index in [9.17, 15) is 14.4 Å². The minimum atomic E-state index is -0.497. The van der Waals surface area contributed by atoms with Gasteiger partial charge in [-0.3, -0.25) is 9.59 Å². The number of amides is 2. The molecule has 0 bridgehead atoms. The average Bonchev–Trinajstić information content (AvgIpc) is 3.06. The molecule has 2 amide bonds. The smallest absolute Gasteiger partial charge is 0.328 e. The summed E-state index contributed by atoms with van der Waals surface area (Å²) in [6, 6.07) is 2.86. The second kappa shape index (κ2) is 6.71. The summed E-state index contributed by atoms with van der Waals surface area (Å²) < 4.78 is 5.01. The van der Waals surface area contributed by atoms with Crippen LogP contribution in [0.25, 0.3) is 0 Å². The van der Waals surface area contributed by atoms with E-state index in [0.717, 1.165) is 6.42 Å². The Bertz CT molecular complexity index is 555. The summed E-state index contributed by atoms with van der Waals surface area (Å²) in [5.74, 6) is -0.712. The lowest BCUT2D eigenvalue weighted by Gasteiger charge is -2.22. The molecule has 1 aromatic rings. The van der Waals surface area contributed by atoms with Crippen LogP contribution in [0, 0.1) is 0 Å². The Hall–Kier alpha value is -1.89. The van der Waals surface area contributed by atoms with Crippen molar-refractivity contribution >= 4 is 34.1 Å². The molecule has 1 aliphatic heterocycles. The summed E-state index contributed by atoms with van der Waals surface area (Å²) in [5, 5.41) is 3.27. The fourth-order valence-electron chi connectivity index (χ4n) is 2.33. The zero-order valence-corrected chi connectivity index (χ0v) is 12.9. The maximum Gasteiger partial charge on any atom is 0.328 e. The van der Waals surface area contributed by atoms with Crippen LogP contribution in [0.5, 0.6) is 0 Å². The van der Waals surface area contributed by atoms with E-state index in [1.54, 1.807) is 24.0 Å². The number of esters is 1. The predicted octanol–water partition coefficient (Wildman–Crippen LogP) is 1.87. The SMILES string of the molecule is CCOC(=O)C1CCCN1C(=O)c1ccc(NC(C)=O)s1. The van der Waals surface area contributed by atoms with Crippen molar-refractivity contribution in [3.8, 4) is 0 Å². The topological polar surface area (TPSA) is 75.7 Å². The summed E-state index contributed by atoms with van der Waals surface area (Å²) in [7, 11) is 0. The minimum absolute atomic E-state index is 0.179. The van der Waals surface area contributed by atoms with Gasteiger partial charge in [0.1, 0.15) is 6.04 Å². The third-order valence-corrected chi connectivity index (χ3v) is 4.18. The van der Waals surface area contributed by atoms with Crippen molar-refractivity contribution in [1.29, 1.82) is 0 Å². The summed E-state index contributed by atoms with van der Waals surface area (Å²) in [6.07, 6.45) is 1.42. The molecule has 7 heteroatoms. The molecule has 0 aromatic carbocycles. The number of anilines is 1. The van der Waals surface area contributed by atoms with E-state index in [-0.39, 0.29) is 17.8 Å². The monoisotopic (exact) mass is 310 g/mol. The van der Waals surface area contributed by atoms with Crippen molar-refractivity contribution in [1.82, 2.24) is 4.90 Å². The highest BCUT2D eigenvalue weighted by molar-refractivity contribution is 7.18. The Morgan fingerprint density at radius 3 is 2.86 bits per heavy atom. The van der Waals surface area contributed by atoms with E-state index in [4.69, 9.17) is 4.74 Å². The first-order valence-electron chi connectivity index (χ1n) is 6.88. The lowest BCUT2D eigenvalue weighted by Crippen LogP contribution is -2.41. The van der Waals surface area contributed by atoms with Gasteiger partial charge in [-0.1, -0.05) is 0 Å². The molecule has 0 radical (unpaired) electrons. The number of nitrogens with one attached hydrogen (secondary N) is 1. The fraction of sp³-hybridized carbons (Fsp3) is 0.500. The van der Waals surface area contributed by atoms with Crippen molar-refractivity contribution in [2.45, 2.75) is 32.7 Å². The van der Waals surface area contributed by atoms with Gasteiger partial charge in [-0.05, 0) is 31.9 Å². The fourth-order valence-corrected chi connectivity index (χ4v) is 3.24. The van der Waals surface area contributed by atoms with E-state index >= 15 is 0 Å². The summed E-state index contributed by atoms with van der Waals surface area (Å²) in [5.41, 5.74) is 0. The molecule has 0 saturated carbocycles. The third kappa shape index (κ3) is 3.60. The molecule has 21 heavy (non-hydrogen) atoms. The van der Waals surface area contributed by atoms with E-state index in [1.165, 1.54) is 18.3 Å². The number of rotatable bonds is 4. The lowest BCUT2D eigenvalue weighted by molar-refractivity contribution is -0.147. The Morgan fingerprint density at radius 1 is 1.43 bits per heavy atom. The highest BCUT2D eigenvalue weighted by Gasteiger charge is 2.36. The molecular weight excluding hydrogens is 292 g/mol. The van der Waals surface area contributed by atoms with Gasteiger partial charge in [-0.25, -0.2) is 4.79 Å². The van der Waals surface area contributed by atoms with Crippen LogP contribution < -0.4 is 5.32 Å². The van der Waals surface area contributed by atoms with Gasteiger partial charge in [-0.2, -0.15) is 0 Å². The highest BCUT2D eigenvalue weighted by atomic mass is 32.1. The van der Waals surface area contributed by atoms with Crippen LogP contribution >= 0.6 is 11.3 Å². The van der Waals surface area contributed by atoms with Gasteiger partial charge in [-0.15, -0.1) is 11.3 Å². The number of carbonyl (C=O) groups is 3. The van der Waals surface area contributed by atoms with Gasteiger partial charge >= 0.3 is 5.97 Å². The first kappa shape index (κ1) is 15.5. The molecule has 1 aromatic heterocycles. The number of thiophene rings is 1. The number of nitrogens with zero attached hydrogens (tertiary/aromatic N) is 1. The van der Waals surface area contributed by atoms with Gasteiger partial charge in [0.25, 0.3) is 5.91 Å². The Morgan fingerprint density at radius 2 is 2.19 bits per heavy atom. The molecule has 0 spiro atoms. The normalized spacial score (nSPS) is 17.6. The lowest BCUT2D eigenvalue weighted by atomic mass is 10.2. The highest BCUT2D eigenvalue weighted by Crippen LogP contribution is 2.27. The van der Waals surface area contributed by atoms with E-state index in [2.05, 4.69) is 5.32 Å². The van der Waals surface area contributed by atoms with Gasteiger partial charge in [0.2, 0.25) is 5.91 Å². The van der Waals surface area contributed by atoms with Crippen LogP contribution in [-0.4, -0.2) is 41.9 Å². The zero-order chi connectivity index (χ0) is 15.4. The number of hydrogen-bond donors (Lipinski definition) is 1. The van der Waals surface area contributed by atoms with Gasteiger partial charge in [0.15, 0.2) is 0 Å².